The Hall–Kier alpha value is -1.91. The summed E-state index contributed by atoms with van der Waals surface area (Å²) < 4.78 is 0. The largest absolute Gasteiger partial charge is 0.138 e. The Kier molecular flexibility index (Phi) is 8.31. The zero-order valence-electron chi connectivity index (χ0n) is 16.9. The van der Waals surface area contributed by atoms with Crippen LogP contribution in [0.1, 0.15) is 42.4 Å². The molecule has 0 aromatic heterocycles. The monoisotopic (exact) mass is 388 g/mol. The third kappa shape index (κ3) is 6.61. The predicted molar refractivity (Wildman–Crippen MR) is 126 cm³/mol. The smallest absolute Gasteiger partial charge is 0.0176 e. The van der Waals surface area contributed by atoms with Crippen LogP contribution in [0.15, 0.2) is 91.0 Å². The highest BCUT2D eigenvalue weighted by Crippen LogP contribution is 2.37. The lowest BCUT2D eigenvalue weighted by Crippen LogP contribution is -2.30. The normalized spacial score (nSPS) is 11.5. The highest BCUT2D eigenvalue weighted by atomic mass is 31.0. The molecule has 0 saturated carbocycles. The predicted octanol–water partition coefficient (Wildman–Crippen LogP) is 7.14. The molecule has 1 unspecified atom stereocenters. The van der Waals surface area contributed by atoms with E-state index in [-0.39, 0.29) is 5.41 Å². The van der Waals surface area contributed by atoms with Gasteiger partial charge in [-0.25, -0.2) is 0 Å². The zero-order chi connectivity index (χ0) is 19.5. The van der Waals surface area contributed by atoms with E-state index in [9.17, 15) is 0 Å². The molecule has 0 N–H and O–H groups in total. The molecule has 3 aromatic rings. The molecule has 1 heteroatoms. The third-order valence-electron chi connectivity index (χ3n) is 5.68. The first kappa shape index (κ1) is 20.8. The molecule has 0 bridgehead atoms. The average molecular weight is 389 g/mol. The summed E-state index contributed by atoms with van der Waals surface area (Å²) >= 11 is 0. The molecular weight excluding hydrogens is 355 g/mol. The summed E-state index contributed by atoms with van der Waals surface area (Å²) in [4.78, 5) is 0. The molecule has 3 aromatic carbocycles. The average Bonchev–Trinajstić information content (AvgIpc) is 2.73. The van der Waals surface area contributed by atoms with Gasteiger partial charge < -0.3 is 0 Å². The lowest BCUT2D eigenvalue weighted by molar-refractivity contribution is 0.244. The molecule has 28 heavy (non-hydrogen) atoms. The van der Waals surface area contributed by atoms with Crippen molar-refractivity contribution >= 4 is 9.24 Å². The Bertz CT molecular complexity index is 679. The summed E-state index contributed by atoms with van der Waals surface area (Å²) in [7, 11) is 2.87. The van der Waals surface area contributed by atoms with Crippen molar-refractivity contribution in [2.45, 2.75) is 44.9 Å². The van der Waals surface area contributed by atoms with Crippen LogP contribution in [0.2, 0.25) is 0 Å². The quantitative estimate of drug-likeness (QED) is 0.242. The molecule has 0 saturated heterocycles. The maximum absolute atomic E-state index is 2.87. The maximum Gasteiger partial charge on any atom is -0.0176 e. The van der Waals surface area contributed by atoms with Crippen LogP contribution in [-0.4, -0.2) is 6.16 Å². The number of rotatable bonds is 11. The van der Waals surface area contributed by atoms with Crippen LogP contribution >= 0.6 is 9.24 Å². The minimum absolute atomic E-state index is 0.255. The Labute approximate surface area is 173 Å². The second-order valence-corrected chi connectivity index (χ2v) is 8.66. The van der Waals surface area contributed by atoms with Crippen molar-refractivity contribution in [1.29, 1.82) is 0 Å². The molecule has 3 rings (SSSR count). The van der Waals surface area contributed by atoms with Gasteiger partial charge in [0.1, 0.15) is 0 Å². The molecule has 0 heterocycles. The van der Waals surface area contributed by atoms with E-state index in [1.165, 1.54) is 48.5 Å². The second-order valence-electron chi connectivity index (χ2n) is 8.09. The van der Waals surface area contributed by atoms with Crippen molar-refractivity contribution in [1.82, 2.24) is 0 Å². The Balaban J connectivity index is 1.90. The lowest BCUT2D eigenvalue weighted by Gasteiger charge is -2.35. The summed E-state index contributed by atoms with van der Waals surface area (Å²) in [6, 6.07) is 33.2. The van der Waals surface area contributed by atoms with Crippen molar-refractivity contribution in [2.24, 2.45) is 5.41 Å². The van der Waals surface area contributed by atoms with Crippen LogP contribution in [0, 0.1) is 5.41 Å². The van der Waals surface area contributed by atoms with Crippen molar-refractivity contribution in [3.05, 3.63) is 108 Å². The first-order chi connectivity index (χ1) is 13.8. The van der Waals surface area contributed by atoms with E-state index in [2.05, 4.69) is 100 Å². The third-order valence-corrected chi connectivity index (χ3v) is 6.09. The molecule has 0 spiro atoms. The van der Waals surface area contributed by atoms with Crippen LogP contribution in [0.4, 0.5) is 0 Å². The van der Waals surface area contributed by atoms with Crippen molar-refractivity contribution < 1.29 is 0 Å². The minimum atomic E-state index is 0.255. The Morgan fingerprint density at radius 1 is 0.500 bits per heavy atom. The molecule has 0 fully saturated rings. The number of hydrogen-bond acceptors (Lipinski definition) is 0. The van der Waals surface area contributed by atoms with Gasteiger partial charge in [-0.3, -0.25) is 0 Å². The van der Waals surface area contributed by atoms with E-state index >= 15 is 0 Å². The van der Waals surface area contributed by atoms with Crippen LogP contribution in [-0.2, 0) is 19.3 Å². The molecule has 1 atom stereocenters. The van der Waals surface area contributed by atoms with Gasteiger partial charge in [0.2, 0.25) is 0 Å². The van der Waals surface area contributed by atoms with Gasteiger partial charge in [0.05, 0.1) is 0 Å². The van der Waals surface area contributed by atoms with Crippen molar-refractivity contribution in [3.8, 4) is 0 Å². The van der Waals surface area contributed by atoms with Crippen LogP contribution in [0.5, 0.6) is 0 Å². The van der Waals surface area contributed by atoms with Gasteiger partial charge in [0.25, 0.3) is 0 Å². The summed E-state index contributed by atoms with van der Waals surface area (Å²) in [6.45, 7) is 0. The molecule has 0 radical (unpaired) electrons. The number of benzene rings is 3. The first-order valence-corrected chi connectivity index (χ1v) is 11.4. The van der Waals surface area contributed by atoms with Gasteiger partial charge in [-0.2, -0.15) is 0 Å². The molecule has 0 aliphatic heterocycles. The zero-order valence-corrected chi connectivity index (χ0v) is 18.0. The second kappa shape index (κ2) is 11.2. The van der Waals surface area contributed by atoms with Gasteiger partial charge in [-0.15, -0.1) is 9.24 Å². The summed E-state index contributed by atoms with van der Waals surface area (Å²) in [5.74, 6) is 0. The van der Waals surface area contributed by atoms with Crippen molar-refractivity contribution in [3.63, 3.8) is 0 Å². The van der Waals surface area contributed by atoms with Gasteiger partial charge in [-0.1, -0.05) is 104 Å². The Morgan fingerprint density at radius 2 is 0.893 bits per heavy atom. The van der Waals surface area contributed by atoms with Crippen molar-refractivity contribution in [2.75, 3.05) is 6.16 Å². The molecule has 0 nitrogen and oxygen atoms in total. The minimum Gasteiger partial charge on any atom is -0.138 e. The van der Waals surface area contributed by atoms with Crippen LogP contribution in [0.3, 0.4) is 0 Å². The topological polar surface area (TPSA) is 0 Å². The number of unbranched alkanes of at least 4 members (excludes halogenated alkanes) is 2. The van der Waals surface area contributed by atoms with Gasteiger partial charge >= 0.3 is 0 Å². The van der Waals surface area contributed by atoms with Gasteiger partial charge in [0, 0.05) is 0 Å². The van der Waals surface area contributed by atoms with E-state index < -0.39 is 0 Å². The fourth-order valence-corrected chi connectivity index (χ4v) is 4.65. The highest BCUT2D eigenvalue weighted by Gasteiger charge is 2.30. The maximum atomic E-state index is 2.87. The fraction of sp³-hybridized carbons (Fsp3) is 0.333. The first-order valence-electron chi connectivity index (χ1n) is 10.6. The molecular formula is C27H33P. The van der Waals surface area contributed by atoms with Gasteiger partial charge in [0.15, 0.2) is 0 Å². The summed E-state index contributed by atoms with van der Waals surface area (Å²) in [5.41, 5.74) is 4.63. The molecule has 0 amide bonds. The fourth-order valence-electron chi connectivity index (χ4n) is 4.36. The summed E-state index contributed by atoms with van der Waals surface area (Å²) in [6.07, 6.45) is 9.84. The summed E-state index contributed by atoms with van der Waals surface area (Å²) in [5, 5.41) is 0. The van der Waals surface area contributed by atoms with E-state index in [4.69, 9.17) is 0 Å². The van der Waals surface area contributed by atoms with E-state index in [1.807, 2.05) is 0 Å². The SMILES string of the molecule is PCCCCCC(Cc1ccccc1)(Cc1ccccc1)Cc1ccccc1. The highest BCUT2D eigenvalue weighted by molar-refractivity contribution is 7.16. The lowest BCUT2D eigenvalue weighted by atomic mass is 9.69. The Morgan fingerprint density at radius 3 is 1.25 bits per heavy atom. The number of hydrogen-bond donors (Lipinski definition) is 0. The molecule has 146 valence electrons. The molecule has 0 aliphatic carbocycles. The van der Waals surface area contributed by atoms with E-state index in [1.54, 1.807) is 0 Å². The molecule has 0 aliphatic rings. The van der Waals surface area contributed by atoms with Gasteiger partial charge in [-0.05, 0) is 60.4 Å². The van der Waals surface area contributed by atoms with Crippen LogP contribution in [0.25, 0.3) is 0 Å². The standard InChI is InChI=1S/C27H33P/c28-20-12-4-11-19-27(21-24-13-5-1-6-14-24,22-25-15-7-2-8-16-25)23-26-17-9-3-10-18-26/h1-3,5-10,13-18H,4,11-12,19-23,28H2. The van der Waals surface area contributed by atoms with Crippen LogP contribution < -0.4 is 0 Å². The van der Waals surface area contributed by atoms with E-state index in [0.717, 1.165) is 19.3 Å². The van der Waals surface area contributed by atoms with E-state index in [0.29, 0.717) is 0 Å².